The fraction of sp³-hybridized carbons (Fsp3) is 0.360. The van der Waals surface area contributed by atoms with E-state index in [1.807, 2.05) is 43.3 Å². The number of anilines is 1. The highest BCUT2D eigenvalue weighted by atomic mass is 35.5. The minimum Gasteiger partial charge on any atom is -0.507 e. The van der Waals surface area contributed by atoms with Crippen LogP contribution in [-0.4, -0.2) is 66.9 Å². The summed E-state index contributed by atoms with van der Waals surface area (Å²) in [6.45, 7) is 6.88. The Kier molecular flexibility index (Phi) is 7.59. The molecule has 2 aromatic carbocycles. The quantitative estimate of drug-likeness (QED) is 0.367. The summed E-state index contributed by atoms with van der Waals surface area (Å²) in [6.07, 6.45) is 0. The number of benzene rings is 2. The molecule has 0 radical (unpaired) electrons. The first-order valence-corrected chi connectivity index (χ1v) is 11.2. The van der Waals surface area contributed by atoms with E-state index in [2.05, 4.69) is 18.7 Å². The Morgan fingerprint density at radius 2 is 1.59 bits per heavy atom. The summed E-state index contributed by atoms with van der Waals surface area (Å²) in [6, 6.07) is 13.6. The van der Waals surface area contributed by atoms with Gasteiger partial charge in [0.15, 0.2) is 0 Å². The summed E-state index contributed by atoms with van der Waals surface area (Å²) in [4.78, 5) is 31.9. The summed E-state index contributed by atoms with van der Waals surface area (Å²) in [5.41, 5.74) is 2.34. The summed E-state index contributed by atoms with van der Waals surface area (Å²) < 4.78 is 0. The van der Waals surface area contributed by atoms with Crippen molar-refractivity contribution < 1.29 is 14.7 Å². The monoisotopic (exact) mass is 455 g/mol. The number of hydrogen-bond donors (Lipinski definition) is 1. The minimum atomic E-state index is -0.668. The highest BCUT2D eigenvalue weighted by molar-refractivity contribution is 6.46. The van der Waals surface area contributed by atoms with Crippen LogP contribution in [0.15, 0.2) is 54.1 Å². The lowest BCUT2D eigenvalue weighted by molar-refractivity contribution is -0.140. The molecule has 0 aliphatic carbocycles. The number of rotatable bonds is 8. The average molecular weight is 456 g/mol. The molecule has 1 aliphatic rings. The van der Waals surface area contributed by atoms with Gasteiger partial charge in [0.25, 0.3) is 11.7 Å². The molecule has 3 rings (SSSR count). The second-order valence-corrected chi connectivity index (χ2v) is 8.45. The average Bonchev–Trinajstić information content (AvgIpc) is 3.04. The molecule has 1 amide bonds. The minimum absolute atomic E-state index is 0.106. The fourth-order valence-electron chi connectivity index (χ4n) is 3.96. The maximum atomic E-state index is 13.1. The number of carbonyl (C=O) groups excluding carboxylic acids is 2. The third kappa shape index (κ3) is 4.81. The number of aliphatic hydroxyl groups is 1. The predicted molar refractivity (Wildman–Crippen MR) is 129 cm³/mol. The van der Waals surface area contributed by atoms with Crippen molar-refractivity contribution in [3.8, 4) is 0 Å². The van der Waals surface area contributed by atoms with Gasteiger partial charge in [-0.25, -0.2) is 0 Å². The van der Waals surface area contributed by atoms with Crippen molar-refractivity contribution in [2.45, 2.75) is 19.9 Å². The van der Waals surface area contributed by atoms with E-state index < -0.39 is 17.7 Å². The molecule has 0 bridgehead atoms. The number of likely N-dealkylation sites (tertiary alicyclic amines) is 1. The number of hydrogen-bond acceptors (Lipinski definition) is 5. The number of amides is 1. The zero-order valence-electron chi connectivity index (χ0n) is 19.0. The van der Waals surface area contributed by atoms with E-state index in [0.717, 1.165) is 24.3 Å². The number of nitrogens with zero attached hydrogens (tertiary/aromatic N) is 3. The molecule has 2 aromatic rings. The molecule has 1 heterocycles. The Morgan fingerprint density at radius 1 is 1.00 bits per heavy atom. The number of halogens is 1. The highest BCUT2D eigenvalue weighted by Gasteiger charge is 2.45. The fourth-order valence-corrected chi connectivity index (χ4v) is 4.09. The molecule has 1 fully saturated rings. The van der Waals surface area contributed by atoms with E-state index in [0.29, 0.717) is 23.7 Å². The van der Waals surface area contributed by atoms with E-state index in [9.17, 15) is 14.7 Å². The van der Waals surface area contributed by atoms with Gasteiger partial charge in [0, 0.05) is 43.5 Å². The molecular formula is C25H30ClN3O3. The van der Waals surface area contributed by atoms with E-state index in [-0.39, 0.29) is 11.3 Å². The van der Waals surface area contributed by atoms with E-state index in [4.69, 9.17) is 11.6 Å². The summed E-state index contributed by atoms with van der Waals surface area (Å²) in [7, 11) is 3.90. The highest BCUT2D eigenvalue weighted by Crippen LogP contribution is 2.39. The van der Waals surface area contributed by atoms with E-state index in [1.54, 1.807) is 29.2 Å². The molecule has 1 N–H and O–H groups in total. The summed E-state index contributed by atoms with van der Waals surface area (Å²) >= 11 is 5.98. The van der Waals surface area contributed by atoms with Gasteiger partial charge >= 0.3 is 0 Å². The number of Topliss-reactive ketones (excluding diaryl/α,β-unsaturated/α-hetero) is 1. The van der Waals surface area contributed by atoms with Gasteiger partial charge in [0.1, 0.15) is 5.76 Å². The second kappa shape index (κ2) is 10.2. The lowest BCUT2D eigenvalue weighted by Crippen LogP contribution is -2.38. The first-order valence-electron chi connectivity index (χ1n) is 10.8. The van der Waals surface area contributed by atoms with Gasteiger partial charge in [-0.05, 0) is 55.1 Å². The number of carbonyl (C=O) groups is 2. The van der Waals surface area contributed by atoms with Crippen LogP contribution in [0.3, 0.4) is 0 Å². The molecule has 6 nitrogen and oxygen atoms in total. The molecule has 1 atom stereocenters. The Bertz CT molecular complexity index is 996. The Morgan fingerprint density at radius 3 is 2.12 bits per heavy atom. The van der Waals surface area contributed by atoms with Crippen molar-refractivity contribution in [1.82, 2.24) is 9.80 Å². The summed E-state index contributed by atoms with van der Waals surface area (Å²) in [5, 5.41) is 11.6. The van der Waals surface area contributed by atoms with Gasteiger partial charge in [-0.1, -0.05) is 37.6 Å². The van der Waals surface area contributed by atoms with Gasteiger partial charge in [-0.15, -0.1) is 0 Å². The van der Waals surface area contributed by atoms with Crippen LogP contribution in [-0.2, 0) is 9.59 Å². The van der Waals surface area contributed by atoms with Gasteiger partial charge in [0.2, 0.25) is 0 Å². The molecule has 1 saturated heterocycles. The van der Waals surface area contributed by atoms with Crippen molar-refractivity contribution in [3.63, 3.8) is 0 Å². The number of aliphatic hydroxyl groups excluding tert-OH is 1. The molecule has 32 heavy (non-hydrogen) atoms. The first kappa shape index (κ1) is 23.8. The maximum Gasteiger partial charge on any atom is 0.295 e. The molecular weight excluding hydrogens is 426 g/mol. The van der Waals surface area contributed by atoms with E-state index in [1.165, 1.54) is 0 Å². The van der Waals surface area contributed by atoms with Crippen molar-refractivity contribution in [1.29, 1.82) is 0 Å². The molecule has 7 heteroatoms. The lowest BCUT2D eigenvalue weighted by Gasteiger charge is -2.28. The predicted octanol–water partition coefficient (Wildman–Crippen LogP) is 4.17. The normalized spacial score (nSPS) is 17.9. The van der Waals surface area contributed by atoms with Gasteiger partial charge in [-0.3, -0.25) is 9.59 Å². The first-order chi connectivity index (χ1) is 15.3. The zero-order chi connectivity index (χ0) is 23.4. The van der Waals surface area contributed by atoms with Crippen LogP contribution in [0.2, 0.25) is 5.02 Å². The van der Waals surface area contributed by atoms with Crippen LogP contribution >= 0.6 is 11.6 Å². The smallest absolute Gasteiger partial charge is 0.295 e. The Labute approximate surface area is 194 Å². The molecule has 1 aliphatic heterocycles. The van der Waals surface area contributed by atoms with E-state index >= 15 is 0 Å². The molecule has 170 valence electrons. The van der Waals surface area contributed by atoms with Crippen molar-refractivity contribution in [2.24, 2.45) is 0 Å². The van der Waals surface area contributed by atoms with Gasteiger partial charge in [-0.2, -0.15) is 0 Å². The van der Waals surface area contributed by atoms with Crippen LogP contribution in [0.1, 0.15) is 31.0 Å². The Hall–Kier alpha value is -2.83. The molecule has 0 unspecified atom stereocenters. The lowest BCUT2D eigenvalue weighted by atomic mass is 9.95. The van der Waals surface area contributed by atoms with Crippen molar-refractivity contribution >= 4 is 34.7 Å². The van der Waals surface area contributed by atoms with Crippen LogP contribution in [0, 0.1) is 0 Å². The van der Waals surface area contributed by atoms with Crippen molar-refractivity contribution in [2.75, 3.05) is 45.2 Å². The standard InChI is InChI=1S/C25H30ClN3O3/c1-5-28(6-2)15-16-29-22(17-9-13-20(14-10-17)27(3)4)21(24(31)25(29)32)23(30)18-7-11-19(26)12-8-18/h7-14,22,30H,5-6,15-16H2,1-4H3/t22-/m1/s1. The third-order valence-corrected chi connectivity index (χ3v) is 6.19. The zero-order valence-corrected chi connectivity index (χ0v) is 19.8. The van der Waals surface area contributed by atoms with Crippen LogP contribution < -0.4 is 4.90 Å². The topological polar surface area (TPSA) is 64.1 Å². The van der Waals surface area contributed by atoms with Gasteiger partial charge < -0.3 is 19.8 Å². The maximum absolute atomic E-state index is 13.1. The SMILES string of the molecule is CCN(CC)CCN1C(=O)C(=O)C(=C(O)c2ccc(Cl)cc2)[C@H]1c1ccc(N(C)C)cc1. The Balaban J connectivity index is 2.09. The van der Waals surface area contributed by atoms with Gasteiger partial charge in [0.05, 0.1) is 11.6 Å². The van der Waals surface area contributed by atoms with Crippen LogP contribution in [0.4, 0.5) is 5.69 Å². The van der Waals surface area contributed by atoms with Crippen molar-refractivity contribution in [3.05, 3.63) is 70.3 Å². The molecule has 0 saturated carbocycles. The number of ketones is 1. The number of likely N-dealkylation sites (N-methyl/N-ethyl adjacent to an activating group) is 1. The molecule has 0 aromatic heterocycles. The summed E-state index contributed by atoms with van der Waals surface area (Å²) in [5.74, 6) is -1.44. The largest absolute Gasteiger partial charge is 0.507 e. The third-order valence-electron chi connectivity index (χ3n) is 5.93. The molecule has 0 spiro atoms. The van der Waals surface area contributed by atoms with Crippen LogP contribution in [0.25, 0.3) is 5.76 Å². The second-order valence-electron chi connectivity index (χ2n) is 8.01. The van der Waals surface area contributed by atoms with Crippen LogP contribution in [0.5, 0.6) is 0 Å².